The minimum atomic E-state index is 0.474. The predicted octanol–water partition coefficient (Wildman–Crippen LogP) is 6.53. The lowest BCUT2D eigenvalue weighted by molar-refractivity contribution is 0.123. The lowest BCUT2D eigenvalue weighted by Crippen LogP contribution is -2.36. The molecule has 2 aliphatic carbocycles. The standard InChI is InChI=1S/C20H34/c1-4-5-11-18-12-7-8-13-19(18)20(16-17(2)3)14-9-6-10-15-20/h8-9,13-14,17-19H,4-7,10-12,15-16H2,1-3H3. The summed E-state index contributed by atoms with van der Waals surface area (Å²) in [4.78, 5) is 0. The lowest BCUT2D eigenvalue weighted by Gasteiger charge is -2.46. The zero-order chi connectivity index (χ0) is 14.4. The van der Waals surface area contributed by atoms with Crippen LogP contribution < -0.4 is 0 Å². The summed E-state index contributed by atoms with van der Waals surface area (Å²) in [5, 5.41) is 0. The summed E-state index contributed by atoms with van der Waals surface area (Å²) < 4.78 is 0. The fraction of sp³-hybridized carbons (Fsp3) is 0.800. The summed E-state index contributed by atoms with van der Waals surface area (Å²) in [6, 6.07) is 0. The van der Waals surface area contributed by atoms with Crippen LogP contribution in [0.15, 0.2) is 24.3 Å². The molecule has 0 fully saturated rings. The van der Waals surface area contributed by atoms with Crippen LogP contribution in [0.2, 0.25) is 0 Å². The van der Waals surface area contributed by atoms with Gasteiger partial charge in [0.1, 0.15) is 0 Å². The molecule has 0 N–H and O–H groups in total. The second kappa shape index (κ2) is 7.48. The van der Waals surface area contributed by atoms with Gasteiger partial charge in [0.2, 0.25) is 0 Å². The first-order valence-corrected chi connectivity index (χ1v) is 9.02. The first kappa shape index (κ1) is 15.9. The molecule has 114 valence electrons. The summed E-state index contributed by atoms with van der Waals surface area (Å²) in [6.07, 6.45) is 22.6. The Balaban J connectivity index is 2.20. The minimum absolute atomic E-state index is 0.474. The highest BCUT2D eigenvalue weighted by Crippen LogP contribution is 2.50. The van der Waals surface area contributed by atoms with Gasteiger partial charge in [-0.25, -0.2) is 0 Å². The van der Waals surface area contributed by atoms with Crippen LogP contribution in [0, 0.1) is 23.2 Å². The van der Waals surface area contributed by atoms with Crippen molar-refractivity contribution in [1.82, 2.24) is 0 Å². The van der Waals surface area contributed by atoms with E-state index in [-0.39, 0.29) is 0 Å². The molecular weight excluding hydrogens is 240 g/mol. The SMILES string of the molecule is CCCCC1CCC=CC1C1(CC(C)C)C=CCCC1. The van der Waals surface area contributed by atoms with Gasteiger partial charge in [-0.3, -0.25) is 0 Å². The third-order valence-electron chi connectivity index (χ3n) is 5.40. The Morgan fingerprint density at radius 2 is 2.05 bits per heavy atom. The summed E-state index contributed by atoms with van der Waals surface area (Å²) in [5.74, 6) is 2.54. The van der Waals surface area contributed by atoms with Crippen LogP contribution in [0.1, 0.15) is 78.6 Å². The largest absolute Gasteiger partial charge is 0.0882 e. The van der Waals surface area contributed by atoms with Crippen LogP contribution in [0.4, 0.5) is 0 Å². The van der Waals surface area contributed by atoms with Crippen molar-refractivity contribution in [3.05, 3.63) is 24.3 Å². The molecule has 0 heteroatoms. The zero-order valence-electron chi connectivity index (χ0n) is 13.9. The predicted molar refractivity (Wildman–Crippen MR) is 89.8 cm³/mol. The van der Waals surface area contributed by atoms with Crippen molar-refractivity contribution in [2.75, 3.05) is 0 Å². The average molecular weight is 274 g/mol. The van der Waals surface area contributed by atoms with Gasteiger partial charge in [0.25, 0.3) is 0 Å². The molecule has 3 unspecified atom stereocenters. The van der Waals surface area contributed by atoms with Crippen molar-refractivity contribution >= 4 is 0 Å². The molecule has 2 aliphatic rings. The molecule has 0 aromatic carbocycles. The van der Waals surface area contributed by atoms with Crippen molar-refractivity contribution in [2.45, 2.75) is 78.6 Å². The van der Waals surface area contributed by atoms with Crippen LogP contribution in [0.3, 0.4) is 0 Å². The van der Waals surface area contributed by atoms with E-state index in [1.807, 2.05) is 0 Å². The number of hydrogen-bond acceptors (Lipinski definition) is 0. The summed E-state index contributed by atoms with van der Waals surface area (Å²) in [6.45, 7) is 7.13. The minimum Gasteiger partial charge on any atom is -0.0882 e. The van der Waals surface area contributed by atoms with Crippen LogP contribution in [0.25, 0.3) is 0 Å². The molecule has 0 heterocycles. The first-order valence-electron chi connectivity index (χ1n) is 9.02. The highest BCUT2D eigenvalue weighted by atomic mass is 14.4. The fourth-order valence-corrected chi connectivity index (χ4v) is 4.64. The van der Waals surface area contributed by atoms with Crippen LogP contribution in [0.5, 0.6) is 0 Å². The topological polar surface area (TPSA) is 0 Å². The molecule has 20 heavy (non-hydrogen) atoms. The molecule has 0 spiro atoms. The Bertz CT molecular complexity index is 336. The van der Waals surface area contributed by atoms with Crippen molar-refractivity contribution in [3.63, 3.8) is 0 Å². The van der Waals surface area contributed by atoms with E-state index in [2.05, 4.69) is 45.1 Å². The molecule has 0 radical (unpaired) electrons. The van der Waals surface area contributed by atoms with Crippen molar-refractivity contribution in [3.8, 4) is 0 Å². The van der Waals surface area contributed by atoms with Gasteiger partial charge in [0.15, 0.2) is 0 Å². The monoisotopic (exact) mass is 274 g/mol. The Hall–Kier alpha value is -0.520. The van der Waals surface area contributed by atoms with Gasteiger partial charge in [-0.05, 0) is 68.1 Å². The smallest absolute Gasteiger partial charge is 0.00503 e. The quantitative estimate of drug-likeness (QED) is 0.483. The molecule has 0 amide bonds. The van der Waals surface area contributed by atoms with Gasteiger partial charge in [-0.2, -0.15) is 0 Å². The maximum atomic E-state index is 2.62. The Kier molecular flexibility index (Phi) is 5.93. The third-order valence-corrected chi connectivity index (χ3v) is 5.40. The summed E-state index contributed by atoms with van der Waals surface area (Å²) in [7, 11) is 0. The Morgan fingerprint density at radius 3 is 2.70 bits per heavy atom. The fourth-order valence-electron chi connectivity index (χ4n) is 4.64. The van der Waals surface area contributed by atoms with E-state index < -0.39 is 0 Å². The second-order valence-electron chi connectivity index (χ2n) is 7.56. The van der Waals surface area contributed by atoms with E-state index in [0.29, 0.717) is 5.41 Å². The van der Waals surface area contributed by atoms with Crippen LogP contribution in [-0.4, -0.2) is 0 Å². The van der Waals surface area contributed by atoms with Gasteiger partial charge in [-0.1, -0.05) is 57.9 Å². The summed E-state index contributed by atoms with van der Waals surface area (Å²) >= 11 is 0. The van der Waals surface area contributed by atoms with Crippen molar-refractivity contribution in [2.24, 2.45) is 23.2 Å². The molecule has 0 saturated carbocycles. The summed E-state index contributed by atoms with van der Waals surface area (Å²) in [5.41, 5.74) is 0.474. The molecule has 0 nitrogen and oxygen atoms in total. The highest BCUT2D eigenvalue weighted by molar-refractivity contribution is 5.14. The molecule has 0 saturated heterocycles. The normalized spacial score (nSPS) is 33.8. The van der Waals surface area contributed by atoms with Crippen LogP contribution in [-0.2, 0) is 0 Å². The Labute approximate surface area is 126 Å². The van der Waals surface area contributed by atoms with Crippen LogP contribution >= 0.6 is 0 Å². The highest BCUT2D eigenvalue weighted by Gasteiger charge is 2.40. The average Bonchev–Trinajstić information content (AvgIpc) is 2.45. The Morgan fingerprint density at radius 1 is 1.20 bits per heavy atom. The third kappa shape index (κ3) is 3.77. The van der Waals surface area contributed by atoms with Gasteiger partial charge in [-0.15, -0.1) is 0 Å². The van der Waals surface area contributed by atoms with E-state index in [1.165, 1.54) is 57.8 Å². The number of allylic oxidation sites excluding steroid dienone is 4. The maximum Gasteiger partial charge on any atom is -0.00503 e. The number of unbranched alkanes of at least 4 members (excludes halogenated alkanes) is 1. The maximum absolute atomic E-state index is 2.62. The molecule has 3 atom stereocenters. The van der Waals surface area contributed by atoms with Crippen molar-refractivity contribution < 1.29 is 0 Å². The van der Waals surface area contributed by atoms with Gasteiger partial charge in [0.05, 0.1) is 0 Å². The van der Waals surface area contributed by atoms with E-state index in [0.717, 1.165) is 17.8 Å². The van der Waals surface area contributed by atoms with E-state index in [4.69, 9.17) is 0 Å². The van der Waals surface area contributed by atoms with Crippen molar-refractivity contribution in [1.29, 1.82) is 0 Å². The first-order chi connectivity index (χ1) is 9.68. The van der Waals surface area contributed by atoms with Gasteiger partial charge in [0, 0.05) is 0 Å². The second-order valence-corrected chi connectivity index (χ2v) is 7.56. The molecule has 2 rings (SSSR count). The molecule has 0 aromatic rings. The van der Waals surface area contributed by atoms with E-state index >= 15 is 0 Å². The van der Waals surface area contributed by atoms with Gasteiger partial charge < -0.3 is 0 Å². The molecular formula is C20H34. The number of hydrogen-bond donors (Lipinski definition) is 0. The number of rotatable bonds is 6. The molecule has 0 bridgehead atoms. The van der Waals surface area contributed by atoms with E-state index in [9.17, 15) is 0 Å². The zero-order valence-corrected chi connectivity index (χ0v) is 13.9. The molecule has 0 aromatic heterocycles. The van der Waals surface area contributed by atoms with Gasteiger partial charge >= 0.3 is 0 Å². The van der Waals surface area contributed by atoms with E-state index in [1.54, 1.807) is 0 Å². The lowest BCUT2D eigenvalue weighted by atomic mass is 9.59. The molecule has 0 aliphatic heterocycles.